The number of carbonyl (C=O) groups excluding carboxylic acids is 3. The number of amides is 3. The normalized spacial score (nSPS) is 10.5. The van der Waals surface area contributed by atoms with E-state index in [2.05, 4.69) is 21.2 Å². The van der Waals surface area contributed by atoms with E-state index in [0.717, 1.165) is 5.56 Å². The standard InChI is InChI=1S/C24H21ClN4O4/c1-16(30)27-20-8-10-21(11-9-20)28-23(31)24(32)29-26-14-17-4-12-22(13-5-17)33-15-18-2-6-19(25)7-3-18/h2-14H,15H2,1H3,(H,27,30)(H,28,31)(H,29,32)/b26-14+. The van der Waals surface area contributed by atoms with E-state index in [1.54, 1.807) is 60.7 Å². The fourth-order valence-corrected chi connectivity index (χ4v) is 2.77. The van der Waals surface area contributed by atoms with Gasteiger partial charge in [0.05, 0.1) is 6.21 Å². The van der Waals surface area contributed by atoms with Gasteiger partial charge in [-0.1, -0.05) is 23.7 Å². The second kappa shape index (κ2) is 11.4. The van der Waals surface area contributed by atoms with Crippen LogP contribution in [0.1, 0.15) is 18.1 Å². The maximum Gasteiger partial charge on any atom is 0.329 e. The Labute approximate surface area is 195 Å². The minimum atomic E-state index is -0.917. The Kier molecular flexibility index (Phi) is 8.15. The summed E-state index contributed by atoms with van der Waals surface area (Å²) in [6.07, 6.45) is 1.41. The molecule has 0 aliphatic rings. The first-order valence-electron chi connectivity index (χ1n) is 9.88. The van der Waals surface area contributed by atoms with Gasteiger partial charge in [0.2, 0.25) is 5.91 Å². The lowest BCUT2D eigenvalue weighted by atomic mass is 10.2. The van der Waals surface area contributed by atoms with Gasteiger partial charge in [0, 0.05) is 23.3 Å². The Morgan fingerprint density at radius 2 is 1.45 bits per heavy atom. The van der Waals surface area contributed by atoms with Crippen molar-refractivity contribution in [2.24, 2.45) is 5.10 Å². The van der Waals surface area contributed by atoms with E-state index in [0.29, 0.717) is 34.3 Å². The summed E-state index contributed by atoms with van der Waals surface area (Å²) in [5, 5.41) is 9.52. The summed E-state index contributed by atoms with van der Waals surface area (Å²) in [5.41, 5.74) is 4.86. The SMILES string of the molecule is CC(=O)Nc1ccc(NC(=O)C(=O)N/N=C/c2ccc(OCc3ccc(Cl)cc3)cc2)cc1. The number of hydrogen-bond donors (Lipinski definition) is 3. The van der Waals surface area contributed by atoms with E-state index in [4.69, 9.17) is 16.3 Å². The fourth-order valence-electron chi connectivity index (χ4n) is 2.64. The summed E-state index contributed by atoms with van der Waals surface area (Å²) >= 11 is 5.87. The first-order chi connectivity index (χ1) is 15.9. The highest BCUT2D eigenvalue weighted by atomic mass is 35.5. The van der Waals surface area contributed by atoms with Gasteiger partial charge in [-0.3, -0.25) is 14.4 Å². The zero-order valence-electron chi connectivity index (χ0n) is 17.7. The number of hydrazone groups is 1. The maximum atomic E-state index is 12.0. The lowest BCUT2D eigenvalue weighted by Crippen LogP contribution is -2.32. The van der Waals surface area contributed by atoms with Crippen LogP contribution in [0.25, 0.3) is 0 Å². The number of anilines is 2. The number of benzene rings is 3. The second-order valence-corrected chi connectivity index (χ2v) is 7.33. The molecular formula is C24H21ClN4O4. The van der Waals surface area contributed by atoms with Gasteiger partial charge in [-0.15, -0.1) is 0 Å². The molecule has 0 radical (unpaired) electrons. The van der Waals surface area contributed by atoms with E-state index >= 15 is 0 Å². The molecular weight excluding hydrogens is 444 g/mol. The molecule has 0 unspecified atom stereocenters. The van der Waals surface area contributed by atoms with Crippen LogP contribution in [0.4, 0.5) is 11.4 Å². The predicted octanol–water partition coefficient (Wildman–Crippen LogP) is 3.97. The second-order valence-electron chi connectivity index (χ2n) is 6.90. The van der Waals surface area contributed by atoms with Gasteiger partial charge in [0.15, 0.2) is 0 Å². The summed E-state index contributed by atoms with van der Waals surface area (Å²) in [5.74, 6) is -1.32. The monoisotopic (exact) mass is 464 g/mol. The van der Waals surface area contributed by atoms with Crippen molar-refractivity contribution in [1.82, 2.24) is 5.43 Å². The third kappa shape index (κ3) is 7.79. The Morgan fingerprint density at radius 3 is 2.06 bits per heavy atom. The summed E-state index contributed by atoms with van der Waals surface area (Å²) in [6.45, 7) is 1.80. The molecule has 0 atom stereocenters. The van der Waals surface area contributed by atoms with Gasteiger partial charge >= 0.3 is 11.8 Å². The predicted molar refractivity (Wildman–Crippen MR) is 127 cm³/mol. The van der Waals surface area contributed by atoms with Crippen LogP contribution in [0.5, 0.6) is 5.75 Å². The minimum Gasteiger partial charge on any atom is -0.489 e. The Bertz CT molecular complexity index is 1140. The molecule has 0 spiro atoms. The summed E-state index contributed by atoms with van der Waals surface area (Å²) in [4.78, 5) is 34.9. The zero-order chi connectivity index (χ0) is 23.6. The molecule has 3 aromatic rings. The van der Waals surface area contributed by atoms with Crippen LogP contribution in [0.2, 0.25) is 5.02 Å². The van der Waals surface area contributed by atoms with E-state index in [9.17, 15) is 14.4 Å². The highest BCUT2D eigenvalue weighted by Crippen LogP contribution is 2.15. The molecule has 0 saturated carbocycles. The smallest absolute Gasteiger partial charge is 0.329 e. The van der Waals surface area contributed by atoms with E-state index in [1.165, 1.54) is 13.1 Å². The van der Waals surface area contributed by atoms with Gasteiger partial charge in [0.25, 0.3) is 0 Å². The largest absolute Gasteiger partial charge is 0.489 e. The molecule has 0 aliphatic heterocycles. The molecule has 0 aliphatic carbocycles. The fraction of sp³-hybridized carbons (Fsp3) is 0.0833. The number of rotatable bonds is 7. The van der Waals surface area contributed by atoms with Crippen molar-refractivity contribution in [3.63, 3.8) is 0 Å². The maximum absolute atomic E-state index is 12.0. The van der Waals surface area contributed by atoms with Crippen molar-refractivity contribution < 1.29 is 19.1 Å². The number of halogens is 1. The number of carbonyl (C=O) groups is 3. The van der Waals surface area contributed by atoms with Crippen molar-refractivity contribution in [1.29, 1.82) is 0 Å². The average molecular weight is 465 g/mol. The Hall–Kier alpha value is -4.17. The minimum absolute atomic E-state index is 0.205. The van der Waals surface area contributed by atoms with E-state index in [-0.39, 0.29) is 5.91 Å². The van der Waals surface area contributed by atoms with Crippen LogP contribution < -0.4 is 20.8 Å². The third-order valence-corrected chi connectivity index (χ3v) is 4.50. The van der Waals surface area contributed by atoms with Gasteiger partial charge < -0.3 is 15.4 Å². The zero-order valence-corrected chi connectivity index (χ0v) is 18.4. The molecule has 3 rings (SSSR count). The van der Waals surface area contributed by atoms with Gasteiger partial charge in [0.1, 0.15) is 12.4 Å². The molecule has 8 nitrogen and oxygen atoms in total. The number of hydrogen-bond acceptors (Lipinski definition) is 5. The lowest BCUT2D eigenvalue weighted by Gasteiger charge is -2.07. The van der Waals surface area contributed by atoms with Gasteiger partial charge in [-0.25, -0.2) is 5.43 Å². The van der Waals surface area contributed by atoms with Crippen molar-refractivity contribution in [2.45, 2.75) is 13.5 Å². The highest BCUT2D eigenvalue weighted by molar-refractivity contribution is 6.39. The topological polar surface area (TPSA) is 109 Å². The summed E-state index contributed by atoms with van der Waals surface area (Å²) in [7, 11) is 0. The Balaban J connectivity index is 1.44. The molecule has 0 aromatic heterocycles. The Morgan fingerprint density at radius 1 is 0.848 bits per heavy atom. The van der Waals surface area contributed by atoms with Crippen molar-refractivity contribution >= 4 is 46.9 Å². The highest BCUT2D eigenvalue weighted by Gasteiger charge is 2.12. The quantitative estimate of drug-likeness (QED) is 0.279. The van der Waals surface area contributed by atoms with Crippen LogP contribution >= 0.6 is 11.6 Å². The van der Waals surface area contributed by atoms with Crippen molar-refractivity contribution in [3.8, 4) is 5.75 Å². The van der Waals surface area contributed by atoms with Gasteiger partial charge in [-0.05, 0) is 71.8 Å². The molecule has 0 fully saturated rings. The van der Waals surface area contributed by atoms with Gasteiger partial charge in [-0.2, -0.15) is 5.10 Å². The average Bonchev–Trinajstić information content (AvgIpc) is 2.80. The van der Waals surface area contributed by atoms with Crippen LogP contribution in [-0.2, 0) is 21.0 Å². The number of ether oxygens (including phenoxy) is 1. The van der Waals surface area contributed by atoms with Crippen LogP contribution in [0, 0.1) is 0 Å². The molecule has 0 heterocycles. The van der Waals surface area contributed by atoms with Crippen molar-refractivity contribution in [3.05, 3.63) is 88.9 Å². The lowest BCUT2D eigenvalue weighted by molar-refractivity contribution is -0.136. The molecule has 9 heteroatoms. The molecule has 33 heavy (non-hydrogen) atoms. The third-order valence-electron chi connectivity index (χ3n) is 4.25. The molecule has 0 bridgehead atoms. The molecule has 3 N–H and O–H groups in total. The van der Waals surface area contributed by atoms with E-state index in [1.807, 2.05) is 12.1 Å². The molecule has 0 saturated heterocycles. The molecule has 3 amide bonds. The van der Waals surface area contributed by atoms with E-state index < -0.39 is 11.8 Å². The molecule has 168 valence electrons. The number of nitrogens with one attached hydrogen (secondary N) is 3. The van der Waals surface area contributed by atoms with Crippen LogP contribution in [-0.4, -0.2) is 23.9 Å². The van der Waals surface area contributed by atoms with Crippen LogP contribution in [0.3, 0.4) is 0 Å². The van der Waals surface area contributed by atoms with Crippen molar-refractivity contribution in [2.75, 3.05) is 10.6 Å². The number of nitrogens with zero attached hydrogens (tertiary/aromatic N) is 1. The molecule has 3 aromatic carbocycles. The summed E-state index contributed by atoms with van der Waals surface area (Å²) in [6, 6.07) is 20.8. The first-order valence-corrected chi connectivity index (χ1v) is 10.3. The summed E-state index contributed by atoms with van der Waals surface area (Å²) < 4.78 is 5.71. The van der Waals surface area contributed by atoms with Crippen LogP contribution in [0.15, 0.2) is 77.9 Å². The first kappa shape index (κ1) is 23.5.